The van der Waals surface area contributed by atoms with Gasteiger partial charge >= 0.3 is 11.9 Å². The van der Waals surface area contributed by atoms with Crippen molar-refractivity contribution >= 4 is 11.9 Å². The number of carbonyl (C=O) groups is 2. The molecule has 0 bridgehead atoms. The molecule has 2 aromatic rings. The first-order chi connectivity index (χ1) is 13.7. The van der Waals surface area contributed by atoms with Crippen molar-refractivity contribution in [3.05, 3.63) is 66.7 Å². The molecule has 28 heavy (non-hydrogen) atoms. The fourth-order valence-electron chi connectivity index (χ4n) is 2.49. The predicted molar refractivity (Wildman–Crippen MR) is 107 cm³/mol. The van der Waals surface area contributed by atoms with E-state index >= 15 is 0 Å². The van der Waals surface area contributed by atoms with Gasteiger partial charge in [-0.25, -0.2) is 9.59 Å². The highest BCUT2D eigenvalue weighted by molar-refractivity contribution is 5.91. The first kappa shape index (κ1) is 21.2. The summed E-state index contributed by atoms with van der Waals surface area (Å²) < 4.78 is 16.5. The van der Waals surface area contributed by atoms with Crippen molar-refractivity contribution in [3.63, 3.8) is 0 Å². The zero-order valence-electron chi connectivity index (χ0n) is 16.1. The molecular weight excluding hydrogens is 356 g/mol. The van der Waals surface area contributed by atoms with Crippen molar-refractivity contribution < 1.29 is 23.8 Å². The van der Waals surface area contributed by atoms with Gasteiger partial charge in [0.15, 0.2) is 11.5 Å². The Morgan fingerprint density at radius 1 is 1.04 bits per heavy atom. The van der Waals surface area contributed by atoms with Crippen LogP contribution >= 0.6 is 0 Å². The lowest BCUT2D eigenvalue weighted by Gasteiger charge is -2.15. The topological polar surface area (TPSA) is 61.8 Å². The summed E-state index contributed by atoms with van der Waals surface area (Å²) in [7, 11) is 0. The summed E-state index contributed by atoms with van der Waals surface area (Å²) in [5, 5.41) is 0. The van der Waals surface area contributed by atoms with E-state index in [9.17, 15) is 9.59 Å². The van der Waals surface area contributed by atoms with Gasteiger partial charge in [0, 0.05) is 12.1 Å². The van der Waals surface area contributed by atoms with E-state index in [0.29, 0.717) is 12.2 Å². The molecule has 2 aromatic carbocycles. The highest BCUT2D eigenvalue weighted by Crippen LogP contribution is 2.37. The van der Waals surface area contributed by atoms with E-state index < -0.39 is 11.9 Å². The highest BCUT2D eigenvalue weighted by atomic mass is 16.6. The third-order valence-electron chi connectivity index (χ3n) is 3.95. The molecule has 5 heteroatoms. The number of hydrogen-bond acceptors (Lipinski definition) is 5. The zero-order valence-corrected chi connectivity index (χ0v) is 16.1. The van der Waals surface area contributed by atoms with Crippen LogP contribution in [0.5, 0.6) is 17.2 Å². The highest BCUT2D eigenvalue weighted by Gasteiger charge is 2.18. The van der Waals surface area contributed by atoms with Crippen LogP contribution < -0.4 is 14.2 Å². The van der Waals surface area contributed by atoms with Gasteiger partial charge in [-0.05, 0) is 30.7 Å². The van der Waals surface area contributed by atoms with Gasteiger partial charge in [0.25, 0.3) is 0 Å². The van der Waals surface area contributed by atoms with Crippen molar-refractivity contribution in [2.24, 2.45) is 0 Å². The Morgan fingerprint density at radius 3 is 2.50 bits per heavy atom. The monoisotopic (exact) mass is 381 g/mol. The van der Waals surface area contributed by atoms with Crippen molar-refractivity contribution in [1.82, 2.24) is 0 Å². The lowest BCUT2D eigenvalue weighted by Crippen LogP contribution is -2.11. The molecule has 1 radical (unpaired) electrons. The molecule has 0 heterocycles. The smallest absolute Gasteiger partial charge is 0.343 e. The van der Waals surface area contributed by atoms with Crippen LogP contribution in [0.1, 0.15) is 49.4 Å². The maximum absolute atomic E-state index is 12.4. The fraction of sp³-hybridized carbons (Fsp3) is 0.304. The Morgan fingerprint density at radius 2 is 1.79 bits per heavy atom. The van der Waals surface area contributed by atoms with Crippen molar-refractivity contribution in [2.75, 3.05) is 6.61 Å². The molecule has 147 valence electrons. The minimum atomic E-state index is -0.626. The van der Waals surface area contributed by atoms with Crippen molar-refractivity contribution in [2.45, 2.75) is 39.0 Å². The van der Waals surface area contributed by atoms with E-state index in [2.05, 4.69) is 19.6 Å². The normalized spacial score (nSPS) is 10.2. The molecule has 0 unspecified atom stereocenters. The number of carbonyl (C=O) groups excluding carboxylic acids is 2. The molecule has 0 N–H and O–H groups in total. The van der Waals surface area contributed by atoms with Crippen LogP contribution in [0.25, 0.3) is 0 Å². The minimum Gasteiger partial charge on any atom is -0.486 e. The second-order valence-electron chi connectivity index (χ2n) is 6.14. The van der Waals surface area contributed by atoms with E-state index in [0.717, 1.165) is 31.8 Å². The number of ether oxygens (including phenoxy) is 3. The number of esters is 2. The molecule has 0 aliphatic heterocycles. The van der Waals surface area contributed by atoms with Crippen LogP contribution in [0.2, 0.25) is 0 Å². The molecule has 0 fully saturated rings. The number of rotatable bonds is 11. The second kappa shape index (κ2) is 11.6. The van der Waals surface area contributed by atoms with E-state index in [1.165, 1.54) is 18.6 Å². The van der Waals surface area contributed by atoms with Gasteiger partial charge in [0.2, 0.25) is 5.75 Å². The van der Waals surface area contributed by atoms with Crippen molar-refractivity contribution in [1.29, 1.82) is 0 Å². The van der Waals surface area contributed by atoms with E-state index in [1.807, 2.05) is 6.07 Å². The summed E-state index contributed by atoms with van der Waals surface area (Å²) in [5.41, 5.74) is 0.398. The molecule has 0 aliphatic rings. The van der Waals surface area contributed by atoms with E-state index in [4.69, 9.17) is 14.2 Å². The first-order valence-corrected chi connectivity index (χ1v) is 9.44. The van der Waals surface area contributed by atoms with Crippen LogP contribution in [0.15, 0.2) is 55.1 Å². The Bertz CT molecular complexity index is 783. The predicted octanol–water partition coefficient (Wildman–Crippen LogP) is 5.15. The summed E-state index contributed by atoms with van der Waals surface area (Å²) >= 11 is 0. The molecule has 0 aromatic heterocycles. The molecule has 0 spiro atoms. The van der Waals surface area contributed by atoms with Crippen LogP contribution in [-0.4, -0.2) is 18.5 Å². The summed E-state index contributed by atoms with van der Waals surface area (Å²) in [4.78, 5) is 24.0. The number of hydrogen-bond donors (Lipinski definition) is 0. The summed E-state index contributed by atoms with van der Waals surface area (Å²) in [6.45, 7) is 5.96. The maximum atomic E-state index is 12.4. The Balaban J connectivity index is 2.15. The molecule has 0 amide bonds. The quantitative estimate of drug-likeness (QED) is 0.233. The minimum absolute atomic E-state index is 0.0803. The van der Waals surface area contributed by atoms with Gasteiger partial charge in [-0.1, -0.05) is 57.4 Å². The lowest BCUT2D eigenvalue weighted by molar-refractivity contribution is -0.129. The molecule has 2 rings (SSSR count). The maximum Gasteiger partial charge on any atom is 0.343 e. The van der Waals surface area contributed by atoms with Gasteiger partial charge in [-0.3, -0.25) is 0 Å². The van der Waals surface area contributed by atoms with Gasteiger partial charge in [0.05, 0.1) is 12.2 Å². The van der Waals surface area contributed by atoms with Gasteiger partial charge < -0.3 is 14.2 Å². The number of unbranched alkanes of at least 4 members (excludes halogenated alkanes) is 4. The van der Waals surface area contributed by atoms with Gasteiger partial charge in [0.1, 0.15) is 0 Å². The fourth-order valence-corrected chi connectivity index (χ4v) is 2.49. The molecular formula is C23H25O5. The lowest BCUT2D eigenvalue weighted by atomic mass is 10.2. The molecule has 0 aliphatic carbocycles. The molecule has 0 atom stereocenters. The Labute approximate surface area is 165 Å². The second-order valence-corrected chi connectivity index (χ2v) is 6.14. The average Bonchev–Trinajstić information content (AvgIpc) is 2.72. The van der Waals surface area contributed by atoms with Crippen molar-refractivity contribution in [3.8, 4) is 17.2 Å². The Hall–Kier alpha value is -3.08. The van der Waals surface area contributed by atoms with Crippen LogP contribution in [-0.2, 0) is 4.79 Å². The molecule has 0 saturated carbocycles. The molecule has 5 nitrogen and oxygen atoms in total. The SMILES string of the molecule is C=CC(=O)Oc1cc[c]c(OC(=O)c2ccccc2)c1OCCCCCCC. The first-order valence-electron chi connectivity index (χ1n) is 9.44. The number of benzene rings is 2. The summed E-state index contributed by atoms with van der Waals surface area (Å²) in [6.07, 6.45) is 6.41. The van der Waals surface area contributed by atoms with Gasteiger partial charge in [-0.2, -0.15) is 0 Å². The van der Waals surface area contributed by atoms with Crippen LogP contribution in [0.4, 0.5) is 0 Å². The summed E-state index contributed by atoms with van der Waals surface area (Å²) in [6, 6.07) is 14.5. The summed E-state index contributed by atoms with van der Waals surface area (Å²) in [5.74, 6) is -0.751. The van der Waals surface area contributed by atoms with E-state index in [-0.39, 0.29) is 17.2 Å². The third kappa shape index (κ3) is 6.58. The third-order valence-corrected chi connectivity index (χ3v) is 3.95. The molecule has 0 saturated heterocycles. The standard InChI is InChI=1S/C23H25O5/c1-3-5-6-7-11-17-26-22-19(27-21(24)4-2)15-12-16-20(22)28-23(25)18-13-9-8-10-14-18/h4,8-10,12-15H,2-3,5-7,11,17H2,1H3. The van der Waals surface area contributed by atoms with Gasteiger partial charge in [-0.15, -0.1) is 0 Å². The largest absolute Gasteiger partial charge is 0.486 e. The average molecular weight is 381 g/mol. The van der Waals surface area contributed by atoms with E-state index in [1.54, 1.807) is 24.3 Å². The Kier molecular flexibility index (Phi) is 8.79. The zero-order chi connectivity index (χ0) is 20.2. The van der Waals surface area contributed by atoms with Crippen LogP contribution in [0.3, 0.4) is 0 Å². The van der Waals surface area contributed by atoms with Crippen LogP contribution in [0, 0.1) is 6.07 Å².